The summed E-state index contributed by atoms with van der Waals surface area (Å²) < 4.78 is 4.83. The molecule has 0 unspecified atom stereocenters. The molecule has 0 saturated carbocycles. The van der Waals surface area contributed by atoms with Crippen molar-refractivity contribution in [1.82, 2.24) is 5.16 Å². The van der Waals surface area contributed by atoms with Gasteiger partial charge in [-0.15, -0.1) is 0 Å². The summed E-state index contributed by atoms with van der Waals surface area (Å²) in [5.41, 5.74) is 5.64. The highest BCUT2D eigenvalue weighted by molar-refractivity contribution is 6.02. The van der Waals surface area contributed by atoms with Crippen molar-refractivity contribution < 1.29 is 14.1 Å². The summed E-state index contributed by atoms with van der Waals surface area (Å²) in [6, 6.07) is 0. The average molecular weight is 225 g/mol. The Kier molecular flexibility index (Phi) is 3.65. The molecule has 1 rings (SSSR count). The van der Waals surface area contributed by atoms with Crippen LogP contribution in [0, 0.1) is 12.8 Å². The zero-order valence-corrected chi connectivity index (χ0v) is 9.53. The maximum absolute atomic E-state index is 11.5. The fraction of sp³-hybridized carbons (Fsp3) is 0.500. The Bertz CT molecular complexity index is 409. The summed E-state index contributed by atoms with van der Waals surface area (Å²) in [5, 5.41) is 6.05. The molecule has 3 N–H and O–H groups in total. The molecule has 88 valence electrons. The first-order valence-electron chi connectivity index (χ1n) is 4.97. The van der Waals surface area contributed by atoms with Crippen molar-refractivity contribution in [3.63, 3.8) is 0 Å². The van der Waals surface area contributed by atoms with Crippen LogP contribution >= 0.6 is 0 Å². The van der Waals surface area contributed by atoms with E-state index in [2.05, 4.69) is 10.5 Å². The number of nitrogens with two attached hydrogens (primary N) is 1. The fourth-order valence-corrected chi connectivity index (χ4v) is 1.29. The first kappa shape index (κ1) is 12.2. The maximum atomic E-state index is 11.5. The van der Waals surface area contributed by atoms with Crippen LogP contribution in [-0.2, 0) is 4.79 Å². The number of hydrogen-bond acceptors (Lipinski definition) is 4. The Morgan fingerprint density at radius 3 is 2.62 bits per heavy atom. The lowest BCUT2D eigenvalue weighted by Gasteiger charge is -2.04. The van der Waals surface area contributed by atoms with Crippen LogP contribution in [-0.4, -0.2) is 17.0 Å². The highest BCUT2D eigenvalue weighted by Gasteiger charge is 2.19. The molecule has 1 heterocycles. The number of aromatic nitrogens is 1. The Hall–Kier alpha value is -1.85. The second kappa shape index (κ2) is 4.78. The Balaban J connectivity index is 2.82. The van der Waals surface area contributed by atoms with Crippen molar-refractivity contribution in [3.8, 4) is 0 Å². The quantitative estimate of drug-likeness (QED) is 0.800. The van der Waals surface area contributed by atoms with E-state index in [1.54, 1.807) is 6.92 Å². The standard InChI is InChI=1S/C10H15N3O3/c1-5(2)4-7(14)12-10-8(9(11)15)6(3)13-16-10/h5H,4H2,1-3H3,(H2,11,15)(H,12,14). The molecule has 16 heavy (non-hydrogen) atoms. The van der Waals surface area contributed by atoms with Crippen molar-refractivity contribution in [1.29, 1.82) is 0 Å². The predicted octanol–water partition coefficient (Wildman–Crippen LogP) is 1.07. The van der Waals surface area contributed by atoms with Crippen molar-refractivity contribution in [2.75, 3.05) is 5.32 Å². The van der Waals surface area contributed by atoms with E-state index >= 15 is 0 Å². The van der Waals surface area contributed by atoms with Crippen molar-refractivity contribution in [2.45, 2.75) is 27.2 Å². The highest BCUT2D eigenvalue weighted by Crippen LogP contribution is 2.18. The van der Waals surface area contributed by atoms with Gasteiger partial charge in [0.15, 0.2) is 0 Å². The van der Waals surface area contributed by atoms with E-state index in [4.69, 9.17) is 10.3 Å². The highest BCUT2D eigenvalue weighted by atomic mass is 16.5. The molecule has 2 amide bonds. The first-order valence-corrected chi connectivity index (χ1v) is 4.97. The summed E-state index contributed by atoms with van der Waals surface area (Å²) in [5.74, 6) is -0.649. The third kappa shape index (κ3) is 2.82. The van der Waals surface area contributed by atoms with Crippen LogP contribution in [0.25, 0.3) is 0 Å². The molecular weight excluding hydrogens is 210 g/mol. The summed E-state index contributed by atoms with van der Waals surface area (Å²) in [7, 11) is 0. The molecule has 1 aromatic heterocycles. The van der Waals surface area contributed by atoms with Gasteiger partial charge in [0.25, 0.3) is 5.91 Å². The van der Waals surface area contributed by atoms with E-state index in [1.165, 1.54) is 0 Å². The third-order valence-corrected chi connectivity index (χ3v) is 1.96. The number of amides is 2. The van der Waals surface area contributed by atoms with Crippen LogP contribution in [0.1, 0.15) is 36.3 Å². The van der Waals surface area contributed by atoms with Gasteiger partial charge in [-0.2, -0.15) is 0 Å². The molecule has 0 bridgehead atoms. The SMILES string of the molecule is Cc1noc(NC(=O)CC(C)C)c1C(N)=O. The molecule has 0 atom stereocenters. The van der Waals surface area contributed by atoms with Gasteiger partial charge in [-0.05, 0) is 12.8 Å². The number of carbonyl (C=O) groups is 2. The molecule has 0 saturated heterocycles. The molecule has 0 spiro atoms. The monoisotopic (exact) mass is 225 g/mol. The minimum Gasteiger partial charge on any atom is -0.365 e. The Morgan fingerprint density at radius 2 is 2.12 bits per heavy atom. The van der Waals surface area contributed by atoms with E-state index in [-0.39, 0.29) is 23.3 Å². The Morgan fingerprint density at radius 1 is 1.50 bits per heavy atom. The van der Waals surface area contributed by atoms with Gasteiger partial charge in [0, 0.05) is 6.42 Å². The number of nitrogens with zero attached hydrogens (tertiary/aromatic N) is 1. The van der Waals surface area contributed by atoms with Crippen molar-refractivity contribution >= 4 is 17.7 Å². The number of rotatable bonds is 4. The van der Waals surface area contributed by atoms with Gasteiger partial charge in [-0.25, -0.2) is 0 Å². The van der Waals surface area contributed by atoms with E-state index in [9.17, 15) is 9.59 Å². The first-order chi connectivity index (χ1) is 7.41. The van der Waals surface area contributed by atoms with Gasteiger partial charge < -0.3 is 10.3 Å². The minimum atomic E-state index is -0.668. The number of anilines is 1. The van der Waals surface area contributed by atoms with Crippen LogP contribution in [0.15, 0.2) is 4.52 Å². The van der Waals surface area contributed by atoms with Gasteiger partial charge in [-0.3, -0.25) is 14.9 Å². The molecule has 6 heteroatoms. The zero-order chi connectivity index (χ0) is 12.3. The largest absolute Gasteiger partial charge is 0.365 e. The second-order valence-electron chi connectivity index (χ2n) is 3.98. The van der Waals surface area contributed by atoms with Gasteiger partial charge in [-0.1, -0.05) is 19.0 Å². The number of carbonyl (C=O) groups excluding carboxylic acids is 2. The van der Waals surface area contributed by atoms with E-state index < -0.39 is 5.91 Å². The minimum absolute atomic E-state index is 0.0238. The summed E-state index contributed by atoms with van der Waals surface area (Å²) in [6.45, 7) is 5.42. The predicted molar refractivity (Wildman–Crippen MR) is 57.8 cm³/mol. The summed E-state index contributed by atoms with van der Waals surface area (Å²) in [4.78, 5) is 22.5. The van der Waals surface area contributed by atoms with Crippen molar-refractivity contribution in [3.05, 3.63) is 11.3 Å². The fourth-order valence-electron chi connectivity index (χ4n) is 1.29. The van der Waals surface area contributed by atoms with Crippen LogP contribution in [0.5, 0.6) is 0 Å². The van der Waals surface area contributed by atoms with E-state index in [0.717, 1.165) is 0 Å². The molecule has 0 aliphatic rings. The summed E-state index contributed by atoms with van der Waals surface area (Å²) in [6.07, 6.45) is 0.345. The number of hydrogen-bond donors (Lipinski definition) is 2. The number of aryl methyl sites for hydroxylation is 1. The maximum Gasteiger partial charge on any atom is 0.256 e. The Labute approximate surface area is 93.2 Å². The van der Waals surface area contributed by atoms with Crippen LogP contribution in [0.4, 0.5) is 5.88 Å². The van der Waals surface area contributed by atoms with Crippen LogP contribution < -0.4 is 11.1 Å². The van der Waals surface area contributed by atoms with Gasteiger partial charge in [0.1, 0.15) is 5.56 Å². The lowest BCUT2D eigenvalue weighted by Crippen LogP contribution is -2.18. The van der Waals surface area contributed by atoms with E-state index in [0.29, 0.717) is 12.1 Å². The molecule has 0 fully saturated rings. The second-order valence-corrected chi connectivity index (χ2v) is 3.98. The molecular formula is C10H15N3O3. The lowest BCUT2D eigenvalue weighted by molar-refractivity contribution is -0.117. The molecule has 1 aromatic rings. The molecule has 6 nitrogen and oxygen atoms in total. The molecule has 0 aliphatic carbocycles. The van der Waals surface area contributed by atoms with Gasteiger partial charge in [0.05, 0.1) is 5.69 Å². The number of primary amides is 1. The van der Waals surface area contributed by atoms with Gasteiger partial charge in [0.2, 0.25) is 11.8 Å². The molecule has 0 aromatic carbocycles. The number of nitrogens with one attached hydrogen (secondary N) is 1. The molecule has 0 radical (unpaired) electrons. The van der Waals surface area contributed by atoms with E-state index in [1.807, 2.05) is 13.8 Å². The van der Waals surface area contributed by atoms with Gasteiger partial charge >= 0.3 is 0 Å². The smallest absolute Gasteiger partial charge is 0.256 e. The van der Waals surface area contributed by atoms with Crippen molar-refractivity contribution in [2.24, 2.45) is 11.7 Å². The topological polar surface area (TPSA) is 98.2 Å². The van der Waals surface area contributed by atoms with Crippen LogP contribution in [0.2, 0.25) is 0 Å². The third-order valence-electron chi connectivity index (χ3n) is 1.96. The lowest BCUT2D eigenvalue weighted by atomic mass is 10.1. The average Bonchev–Trinajstić information content (AvgIpc) is 2.45. The zero-order valence-electron chi connectivity index (χ0n) is 9.53. The van der Waals surface area contributed by atoms with Crippen LogP contribution in [0.3, 0.4) is 0 Å². The normalized spacial score (nSPS) is 10.5. The molecule has 0 aliphatic heterocycles. The summed E-state index contributed by atoms with van der Waals surface area (Å²) >= 11 is 0.